The number of hydrogen-bond donors (Lipinski definition) is 2. The third-order valence-electron chi connectivity index (χ3n) is 10.2. The minimum absolute atomic E-state index is 0.0991. The number of amides is 1. The lowest BCUT2D eigenvalue weighted by Crippen LogP contribution is -2.32. The molecule has 0 aliphatic carbocycles. The maximum atomic E-state index is 12.8. The number of hydrogen-bond acceptors (Lipinski definition) is 9. The zero-order valence-electron chi connectivity index (χ0n) is 38.0. The molecule has 2 atom stereocenters. The van der Waals surface area contributed by atoms with Crippen molar-refractivity contribution in [3.05, 3.63) is 90.0 Å². The van der Waals surface area contributed by atoms with E-state index in [4.69, 9.17) is 24.0 Å². The van der Waals surface area contributed by atoms with Gasteiger partial charge in [-0.05, 0) is 96.4 Å². The van der Waals surface area contributed by atoms with Gasteiger partial charge in [-0.2, -0.15) is 0 Å². The number of benzene rings is 3. The van der Waals surface area contributed by atoms with E-state index < -0.39 is 29.2 Å². The summed E-state index contributed by atoms with van der Waals surface area (Å²) in [6.45, 7) is 15.0. The Hall–Kier alpha value is -5.71. The monoisotopic (exact) mass is 846 g/mol. The Kier molecular flexibility index (Phi) is 17.1. The number of esters is 2. The van der Waals surface area contributed by atoms with Gasteiger partial charge in [0.25, 0.3) is 0 Å². The molecule has 11 nitrogen and oxygen atoms in total. The van der Waals surface area contributed by atoms with Crippen molar-refractivity contribution in [2.45, 2.75) is 149 Å². The minimum atomic E-state index is -0.782. The summed E-state index contributed by atoms with van der Waals surface area (Å²) in [5, 5.41) is 7.30. The molecule has 5 rings (SSSR count). The Morgan fingerprint density at radius 3 is 1.98 bits per heavy atom. The molecule has 2 heterocycles. The van der Waals surface area contributed by atoms with Crippen molar-refractivity contribution in [3.8, 4) is 39.7 Å². The van der Waals surface area contributed by atoms with Crippen molar-refractivity contribution >= 4 is 29.6 Å². The zero-order chi connectivity index (χ0) is 44.7. The fourth-order valence-corrected chi connectivity index (χ4v) is 7.07. The number of carbonyl (C=O) groups excluding carboxylic acids is 3. The van der Waals surface area contributed by atoms with Crippen LogP contribution < -0.4 is 10.1 Å². The van der Waals surface area contributed by atoms with Crippen LogP contribution in [0.1, 0.15) is 137 Å². The second-order valence-electron chi connectivity index (χ2n) is 18.1. The van der Waals surface area contributed by atoms with E-state index in [0.29, 0.717) is 23.7 Å². The van der Waals surface area contributed by atoms with Crippen LogP contribution in [0.25, 0.3) is 40.0 Å². The highest BCUT2D eigenvalue weighted by Crippen LogP contribution is 2.35. The second kappa shape index (κ2) is 22.4. The molecule has 2 N–H and O–H groups in total. The summed E-state index contributed by atoms with van der Waals surface area (Å²) in [4.78, 5) is 51.7. The van der Waals surface area contributed by atoms with E-state index in [0.717, 1.165) is 52.0 Å². The molecule has 0 radical (unpaired) electrons. The summed E-state index contributed by atoms with van der Waals surface area (Å²) in [6, 6.07) is 23.3. The van der Waals surface area contributed by atoms with Gasteiger partial charge in [0.05, 0.1) is 17.1 Å². The Bertz CT molecular complexity index is 2120. The summed E-state index contributed by atoms with van der Waals surface area (Å²) >= 11 is 0. The quantitative estimate of drug-likeness (QED) is 0.0480. The average Bonchev–Trinajstić information content (AvgIpc) is 3.90. The van der Waals surface area contributed by atoms with Crippen molar-refractivity contribution in [3.63, 3.8) is 0 Å². The van der Waals surface area contributed by atoms with Crippen molar-refractivity contribution in [1.29, 1.82) is 0 Å². The van der Waals surface area contributed by atoms with E-state index in [1.165, 1.54) is 51.4 Å². The standard InChI is InChI=1S/C51H66N4O7/c1-9-10-11-12-13-14-15-16-17-18-35(2)52-44(56)32-21-36-19-22-38(23-20-36)46-47(39-28-30-41(31-29-39)59-34-45(57)60-50(3,4)5)54-48(53-46)40-26-24-37(25-27-40)42-33-43(62-55-42)49(58)61-51(6,7)8/h19-32,35,43H,9-18,33-34H2,1-8H3,(H,52,56)(H,53,54)/b32-21+. The summed E-state index contributed by atoms with van der Waals surface area (Å²) in [7, 11) is 0. The number of H-pyrrole nitrogens is 1. The number of rotatable bonds is 21. The molecule has 1 aliphatic heterocycles. The fourth-order valence-electron chi connectivity index (χ4n) is 7.07. The highest BCUT2D eigenvalue weighted by atomic mass is 16.7. The number of carbonyl (C=O) groups is 3. The van der Waals surface area contributed by atoms with Crippen LogP contribution >= 0.6 is 0 Å². The molecule has 1 aromatic heterocycles. The lowest BCUT2D eigenvalue weighted by molar-refractivity contribution is -0.167. The molecule has 0 spiro atoms. The molecule has 4 aromatic rings. The van der Waals surface area contributed by atoms with Crippen molar-refractivity contribution in [2.24, 2.45) is 5.16 Å². The number of aromatic nitrogens is 2. The molecule has 2 unspecified atom stereocenters. The van der Waals surface area contributed by atoms with Gasteiger partial charge >= 0.3 is 11.9 Å². The number of nitrogens with one attached hydrogen (secondary N) is 2. The molecule has 1 aliphatic rings. The van der Waals surface area contributed by atoms with E-state index >= 15 is 0 Å². The minimum Gasteiger partial charge on any atom is -0.482 e. The third-order valence-corrected chi connectivity index (χ3v) is 10.2. The molecule has 0 saturated heterocycles. The molecule has 11 heteroatoms. The van der Waals surface area contributed by atoms with Crippen molar-refractivity contribution in [1.82, 2.24) is 15.3 Å². The molecule has 0 fully saturated rings. The Labute approximate surface area is 368 Å². The maximum Gasteiger partial charge on any atom is 0.351 e. The van der Waals surface area contributed by atoms with E-state index in [-0.39, 0.29) is 18.6 Å². The smallest absolute Gasteiger partial charge is 0.351 e. The number of nitrogens with zero attached hydrogens (tertiary/aromatic N) is 2. The lowest BCUT2D eigenvalue weighted by Gasteiger charge is -2.20. The van der Waals surface area contributed by atoms with E-state index in [1.807, 2.05) is 108 Å². The molecule has 1 amide bonds. The van der Waals surface area contributed by atoms with Gasteiger partial charge < -0.3 is 29.3 Å². The average molecular weight is 847 g/mol. The van der Waals surface area contributed by atoms with E-state index in [2.05, 4.69) is 29.3 Å². The normalized spacial score (nSPS) is 14.6. The first kappa shape index (κ1) is 47.3. The first-order valence-corrected chi connectivity index (χ1v) is 22.3. The van der Waals surface area contributed by atoms with Crippen LogP contribution in [0.15, 0.2) is 84.0 Å². The van der Waals surface area contributed by atoms with Gasteiger partial charge in [-0.25, -0.2) is 14.6 Å². The molecule has 3 aromatic carbocycles. The second-order valence-corrected chi connectivity index (χ2v) is 18.1. The zero-order valence-corrected chi connectivity index (χ0v) is 38.0. The summed E-state index contributed by atoms with van der Waals surface area (Å²) in [5.41, 5.74) is 5.29. The predicted octanol–water partition coefficient (Wildman–Crippen LogP) is 11.4. The number of ether oxygens (including phenoxy) is 3. The van der Waals surface area contributed by atoms with Crippen LogP contribution in [-0.2, 0) is 28.7 Å². The van der Waals surface area contributed by atoms with Crippen LogP contribution in [0, 0.1) is 0 Å². The summed E-state index contributed by atoms with van der Waals surface area (Å²) in [5.74, 6) is 0.196. The fraction of sp³-hybridized carbons (Fsp3) is 0.471. The molecular formula is C51H66N4O7. The Balaban J connectivity index is 1.26. The Morgan fingerprint density at radius 2 is 1.35 bits per heavy atom. The van der Waals surface area contributed by atoms with Crippen molar-refractivity contribution in [2.75, 3.05) is 6.61 Å². The van der Waals surface area contributed by atoms with Gasteiger partial charge in [-0.15, -0.1) is 0 Å². The topological polar surface area (TPSA) is 141 Å². The van der Waals surface area contributed by atoms with Crippen LogP contribution in [0.3, 0.4) is 0 Å². The first-order valence-electron chi connectivity index (χ1n) is 22.3. The third kappa shape index (κ3) is 15.3. The highest BCUT2D eigenvalue weighted by Gasteiger charge is 2.33. The molecule has 0 bridgehead atoms. The van der Waals surface area contributed by atoms with Crippen LogP contribution in [-0.4, -0.2) is 63.5 Å². The molecule has 62 heavy (non-hydrogen) atoms. The van der Waals surface area contributed by atoms with Gasteiger partial charge in [-0.3, -0.25) is 4.79 Å². The molecule has 332 valence electrons. The van der Waals surface area contributed by atoms with Crippen LogP contribution in [0.2, 0.25) is 0 Å². The van der Waals surface area contributed by atoms with Gasteiger partial charge in [0.1, 0.15) is 22.8 Å². The van der Waals surface area contributed by atoms with E-state index in [9.17, 15) is 14.4 Å². The first-order chi connectivity index (χ1) is 29.6. The van der Waals surface area contributed by atoms with Crippen LogP contribution in [0.5, 0.6) is 5.75 Å². The van der Waals surface area contributed by atoms with Crippen molar-refractivity contribution < 1.29 is 33.4 Å². The summed E-state index contributed by atoms with van der Waals surface area (Å²) in [6.07, 6.45) is 15.5. The van der Waals surface area contributed by atoms with Gasteiger partial charge in [-0.1, -0.05) is 118 Å². The largest absolute Gasteiger partial charge is 0.482 e. The Morgan fingerprint density at radius 1 is 0.774 bits per heavy atom. The molecule has 0 saturated carbocycles. The van der Waals surface area contributed by atoms with Gasteiger partial charge in [0.2, 0.25) is 12.0 Å². The molecular weight excluding hydrogens is 781 g/mol. The maximum absolute atomic E-state index is 12.8. The number of aromatic amines is 1. The van der Waals surface area contributed by atoms with Gasteiger partial charge in [0, 0.05) is 35.2 Å². The number of unbranched alkanes of at least 4 members (excludes halogenated alkanes) is 8. The summed E-state index contributed by atoms with van der Waals surface area (Å²) < 4.78 is 16.6. The van der Waals surface area contributed by atoms with Crippen LogP contribution in [0.4, 0.5) is 0 Å². The highest BCUT2D eigenvalue weighted by molar-refractivity contribution is 6.03. The van der Waals surface area contributed by atoms with E-state index in [1.54, 1.807) is 18.2 Å². The number of oxime groups is 1. The predicted molar refractivity (Wildman–Crippen MR) is 247 cm³/mol. The number of imidazole rings is 1. The lowest BCUT2D eigenvalue weighted by atomic mass is 10.0. The SMILES string of the molecule is CCCCCCCCCCCC(C)NC(=O)/C=C/c1ccc(-c2[nH]c(-c3ccc(C4=NOC(C(=O)OC(C)(C)C)C4)cc3)nc2-c2ccc(OCC(=O)OC(C)(C)C)cc2)cc1. The van der Waals surface area contributed by atoms with Gasteiger partial charge in [0.15, 0.2) is 6.61 Å².